The molecule has 0 spiro atoms. The van der Waals surface area contributed by atoms with Gasteiger partial charge in [-0.1, -0.05) is 48.0 Å². The molecule has 1 N–H and O–H groups in total. The van der Waals surface area contributed by atoms with Gasteiger partial charge in [-0.15, -0.1) is 0 Å². The SMILES string of the molecule is CN(C)S(=O)(=O)c1ccc(CNC(=O)c2cc3ccccc3c(Cl)n2)cc1. The van der Waals surface area contributed by atoms with E-state index in [-0.39, 0.29) is 28.2 Å². The van der Waals surface area contributed by atoms with Gasteiger partial charge >= 0.3 is 0 Å². The molecule has 1 amide bonds. The fourth-order valence-corrected chi connectivity index (χ4v) is 3.70. The molecule has 0 aliphatic carbocycles. The smallest absolute Gasteiger partial charge is 0.270 e. The lowest BCUT2D eigenvalue weighted by molar-refractivity contribution is 0.0946. The van der Waals surface area contributed by atoms with E-state index in [1.54, 1.807) is 18.2 Å². The Labute approximate surface area is 162 Å². The van der Waals surface area contributed by atoms with Crippen LogP contribution in [0.5, 0.6) is 0 Å². The van der Waals surface area contributed by atoms with Gasteiger partial charge in [-0.05, 0) is 29.1 Å². The summed E-state index contributed by atoms with van der Waals surface area (Å²) in [5.74, 6) is -0.354. The molecule has 0 aliphatic heterocycles. The summed E-state index contributed by atoms with van der Waals surface area (Å²) in [6.45, 7) is 0.243. The zero-order valence-corrected chi connectivity index (χ0v) is 16.4. The summed E-state index contributed by atoms with van der Waals surface area (Å²) < 4.78 is 25.3. The number of amides is 1. The fraction of sp³-hybridized carbons (Fsp3) is 0.158. The minimum Gasteiger partial charge on any atom is -0.347 e. The van der Waals surface area contributed by atoms with Gasteiger partial charge in [-0.2, -0.15) is 0 Å². The highest BCUT2D eigenvalue weighted by Gasteiger charge is 2.17. The van der Waals surface area contributed by atoms with Crippen LogP contribution in [0.15, 0.2) is 59.5 Å². The zero-order chi connectivity index (χ0) is 19.6. The van der Waals surface area contributed by atoms with Crippen LogP contribution in [0.3, 0.4) is 0 Å². The summed E-state index contributed by atoms with van der Waals surface area (Å²) in [4.78, 5) is 16.7. The van der Waals surface area contributed by atoms with Gasteiger partial charge in [0.05, 0.1) is 4.90 Å². The molecule has 0 aliphatic rings. The van der Waals surface area contributed by atoms with E-state index in [0.29, 0.717) is 0 Å². The van der Waals surface area contributed by atoms with Crippen molar-refractivity contribution in [2.75, 3.05) is 14.1 Å². The number of hydrogen-bond donors (Lipinski definition) is 1. The second-order valence-electron chi connectivity index (χ2n) is 6.13. The molecule has 0 unspecified atom stereocenters. The Morgan fingerprint density at radius 3 is 2.44 bits per heavy atom. The first-order valence-electron chi connectivity index (χ1n) is 8.14. The molecule has 2 aromatic carbocycles. The van der Waals surface area contributed by atoms with Crippen LogP contribution < -0.4 is 5.32 Å². The number of fused-ring (bicyclic) bond motifs is 1. The van der Waals surface area contributed by atoms with Crippen molar-refractivity contribution < 1.29 is 13.2 Å². The molecule has 0 saturated carbocycles. The number of pyridine rings is 1. The lowest BCUT2D eigenvalue weighted by atomic mass is 10.1. The molecule has 0 bridgehead atoms. The maximum absolute atomic E-state index is 12.4. The molecular formula is C19H18ClN3O3S. The number of nitrogens with one attached hydrogen (secondary N) is 1. The van der Waals surface area contributed by atoms with Crippen molar-refractivity contribution in [3.63, 3.8) is 0 Å². The lowest BCUT2D eigenvalue weighted by Crippen LogP contribution is -2.24. The van der Waals surface area contributed by atoms with Crippen molar-refractivity contribution in [1.29, 1.82) is 0 Å². The second kappa shape index (κ2) is 7.64. The van der Waals surface area contributed by atoms with Gasteiger partial charge in [0, 0.05) is 26.0 Å². The number of sulfonamides is 1. The van der Waals surface area contributed by atoms with Gasteiger partial charge in [0.15, 0.2) is 0 Å². The first kappa shape index (κ1) is 19.3. The Bertz CT molecular complexity index is 1100. The Kier molecular flexibility index (Phi) is 5.46. The number of aromatic nitrogens is 1. The molecule has 0 atom stereocenters. The highest BCUT2D eigenvalue weighted by atomic mass is 35.5. The summed E-state index contributed by atoms with van der Waals surface area (Å²) >= 11 is 6.16. The number of carbonyl (C=O) groups is 1. The van der Waals surface area contributed by atoms with E-state index < -0.39 is 10.0 Å². The molecule has 27 heavy (non-hydrogen) atoms. The Hall–Kier alpha value is -2.48. The molecule has 8 heteroatoms. The number of halogens is 1. The van der Waals surface area contributed by atoms with Gasteiger partial charge in [0.1, 0.15) is 10.8 Å². The van der Waals surface area contributed by atoms with E-state index in [4.69, 9.17) is 11.6 Å². The van der Waals surface area contributed by atoms with Crippen LogP contribution in [0.2, 0.25) is 5.15 Å². The van der Waals surface area contributed by atoms with E-state index in [2.05, 4.69) is 10.3 Å². The molecule has 3 aromatic rings. The maximum atomic E-state index is 12.4. The molecule has 1 aromatic heterocycles. The topological polar surface area (TPSA) is 79.4 Å². The van der Waals surface area contributed by atoms with Gasteiger partial charge in [0.25, 0.3) is 5.91 Å². The Morgan fingerprint density at radius 1 is 1.11 bits per heavy atom. The van der Waals surface area contributed by atoms with E-state index in [9.17, 15) is 13.2 Å². The first-order valence-corrected chi connectivity index (χ1v) is 9.96. The molecule has 1 heterocycles. The average Bonchev–Trinajstić information content (AvgIpc) is 2.66. The largest absolute Gasteiger partial charge is 0.347 e. The third-order valence-corrected chi connectivity index (χ3v) is 6.20. The number of nitrogens with zero attached hydrogens (tertiary/aromatic N) is 2. The third kappa shape index (κ3) is 4.10. The number of benzene rings is 2. The molecule has 6 nitrogen and oxygen atoms in total. The predicted octanol–water partition coefficient (Wildman–Crippen LogP) is 3.07. The van der Waals surface area contributed by atoms with Crippen LogP contribution in [-0.2, 0) is 16.6 Å². The molecule has 0 radical (unpaired) electrons. The summed E-state index contributed by atoms with van der Waals surface area (Å²) in [5.41, 5.74) is 0.999. The van der Waals surface area contributed by atoms with Crippen LogP contribution in [0.4, 0.5) is 0 Å². The number of rotatable bonds is 5. The van der Waals surface area contributed by atoms with E-state index >= 15 is 0 Å². The van der Waals surface area contributed by atoms with Crippen LogP contribution in [-0.4, -0.2) is 37.7 Å². The van der Waals surface area contributed by atoms with Gasteiger partial charge in [-0.25, -0.2) is 17.7 Å². The predicted molar refractivity (Wildman–Crippen MR) is 105 cm³/mol. The van der Waals surface area contributed by atoms with Crippen molar-refractivity contribution in [2.45, 2.75) is 11.4 Å². The van der Waals surface area contributed by atoms with E-state index in [0.717, 1.165) is 20.6 Å². The summed E-state index contributed by atoms with van der Waals surface area (Å²) in [5, 5.41) is 4.66. The lowest BCUT2D eigenvalue weighted by Gasteiger charge is -2.12. The molecule has 0 saturated heterocycles. The van der Waals surface area contributed by atoms with Crippen LogP contribution in [0, 0.1) is 0 Å². The van der Waals surface area contributed by atoms with E-state index in [1.807, 2.05) is 24.3 Å². The van der Waals surface area contributed by atoms with Gasteiger partial charge in [0.2, 0.25) is 10.0 Å². The Morgan fingerprint density at radius 2 is 1.78 bits per heavy atom. The Balaban J connectivity index is 1.73. The first-order chi connectivity index (χ1) is 12.8. The van der Waals surface area contributed by atoms with Crippen molar-refractivity contribution in [1.82, 2.24) is 14.6 Å². The van der Waals surface area contributed by atoms with Crippen molar-refractivity contribution >= 4 is 38.3 Å². The van der Waals surface area contributed by atoms with Crippen molar-refractivity contribution in [3.05, 3.63) is 71.0 Å². The zero-order valence-electron chi connectivity index (χ0n) is 14.8. The normalized spacial score (nSPS) is 11.7. The highest BCUT2D eigenvalue weighted by Crippen LogP contribution is 2.22. The quantitative estimate of drug-likeness (QED) is 0.664. The van der Waals surface area contributed by atoms with E-state index in [1.165, 1.54) is 26.2 Å². The summed E-state index contributed by atoms with van der Waals surface area (Å²) in [6.07, 6.45) is 0. The number of carbonyl (C=O) groups excluding carboxylic acids is 1. The summed E-state index contributed by atoms with van der Waals surface area (Å²) in [6, 6.07) is 15.5. The second-order valence-corrected chi connectivity index (χ2v) is 8.64. The monoisotopic (exact) mass is 403 g/mol. The van der Waals surface area contributed by atoms with Crippen molar-refractivity contribution in [3.8, 4) is 0 Å². The molecule has 3 rings (SSSR count). The fourth-order valence-electron chi connectivity index (χ4n) is 2.54. The minimum absolute atomic E-state index is 0.200. The maximum Gasteiger partial charge on any atom is 0.270 e. The average molecular weight is 404 g/mol. The molecular weight excluding hydrogens is 386 g/mol. The van der Waals surface area contributed by atoms with Gasteiger partial charge in [-0.3, -0.25) is 4.79 Å². The third-order valence-electron chi connectivity index (χ3n) is 4.08. The number of hydrogen-bond acceptors (Lipinski definition) is 4. The minimum atomic E-state index is -3.47. The standard InChI is InChI=1S/C19H18ClN3O3S/c1-23(2)27(25,26)15-9-7-13(8-10-15)12-21-19(24)17-11-14-5-3-4-6-16(14)18(20)22-17/h3-11H,12H2,1-2H3,(H,21,24). The van der Waals surface area contributed by atoms with Crippen LogP contribution in [0.25, 0.3) is 10.8 Å². The summed E-state index contributed by atoms with van der Waals surface area (Å²) in [7, 11) is -0.517. The molecule has 140 valence electrons. The molecule has 0 fully saturated rings. The van der Waals surface area contributed by atoms with Crippen LogP contribution >= 0.6 is 11.6 Å². The van der Waals surface area contributed by atoms with Crippen LogP contribution in [0.1, 0.15) is 16.1 Å². The van der Waals surface area contributed by atoms with Gasteiger partial charge < -0.3 is 5.32 Å². The highest BCUT2D eigenvalue weighted by molar-refractivity contribution is 7.89. The van der Waals surface area contributed by atoms with Crippen molar-refractivity contribution in [2.24, 2.45) is 0 Å².